The van der Waals surface area contributed by atoms with Gasteiger partial charge in [-0.2, -0.15) is 0 Å². The van der Waals surface area contributed by atoms with Gasteiger partial charge in [0.15, 0.2) is 0 Å². The van der Waals surface area contributed by atoms with Gasteiger partial charge in [-0.3, -0.25) is 0 Å². The van der Waals surface area contributed by atoms with Crippen LogP contribution in [-0.4, -0.2) is 6.54 Å². The van der Waals surface area contributed by atoms with Gasteiger partial charge in [0.25, 0.3) is 0 Å². The van der Waals surface area contributed by atoms with Crippen LogP contribution in [0.4, 0.5) is 0 Å². The Morgan fingerprint density at radius 1 is 1.05 bits per heavy atom. The predicted octanol–water partition coefficient (Wildman–Crippen LogP) is 5.05. The standard InChI is InChI=1S/C17H20BrNO/c1-3-10-19-12-14-4-7-17(11-13(14)2)20-16-8-5-15(18)6-9-16/h4-9,11,19H,3,10,12H2,1-2H3. The maximum absolute atomic E-state index is 5.85. The highest BCUT2D eigenvalue weighted by Crippen LogP contribution is 2.25. The molecule has 0 aromatic heterocycles. The van der Waals surface area contributed by atoms with E-state index in [4.69, 9.17) is 4.74 Å². The summed E-state index contributed by atoms with van der Waals surface area (Å²) in [6.45, 7) is 6.27. The van der Waals surface area contributed by atoms with Crippen LogP contribution in [0.15, 0.2) is 46.9 Å². The fourth-order valence-electron chi connectivity index (χ4n) is 1.97. The zero-order valence-electron chi connectivity index (χ0n) is 11.9. The number of halogens is 1. The number of hydrogen-bond donors (Lipinski definition) is 1. The molecule has 2 nitrogen and oxygen atoms in total. The van der Waals surface area contributed by atoms with E-state index >= 15 is 0 Å². The van der Waals surface area contributed by atoms with Crippen molar-refractivity contribution in [1.82, 2.24) is 5.32 Å². The summed E-state index contributed by atoms with van der Waals surface area (Å²) in [5.74, 6) is 1.73. The third-order valence-corrected chi connectivity index (χ3v) is 3.63. The molecule has 0 saturated heterocycles. The van der Waals surface area contributed by atoms with E-state index in [0.29, 0.717) is 0 Å². The molecule has 2 aromatic rings. The van der Waals surface area contributed by atoms with E-state index in [1.54, 1.807) is 0 Å². The molecule has 0 radical (unpaired) electrons. The molecular formula is C17H20BrNO. The lowest BCUT2D eigenvalue weighted by molar-refractivity contribution is 0.481. The molecule has 0 spiro atoms. The second-order valence-electron chi connectivity index (χ2n) is 4.82. The molecule has 106 valence electrons. The predicted molar refractivity (Wildman–Crippen MR) is 87.4 cm³/mol. The molecule has 20 heavy (non-hydrogen) atoms. The van der Waals surface area contributed by atoms with E-state index in [1.807, 2.05) is 30.3 Å². The third kappa shape index (κ3) is 4.36. The molecule has 2 aromatic carbocycles. The van der Waals surface area contributed by atoms with Gasteiger partial charge >= 0.3 is 0 Å². The van der Waals surface area contributed by atoms with Crippen LogP contribution in [0.1, 0.15) is 24.5 Å². The Labute approximate surface area is 129 Å². The topological polar surface area (TPSA) is 21.3 Å². The summed E-state index contributed by atoms with van der Waals surface area (Å²) >= 11 is 3.42. The van der Waals surface area contributed by atoms with Crippen molar-refractivity contribution in [2.75, 3.05) is 6.54 Å². The lowest BCUT2D eigenvalue weighted by Gasteiger charge is -2.10. The first-order valence-electron chi connectivity index (χ1n) is 6.92. The number of aryl methyl sites for hydroxylation is 1. The molecule has 0 amide bonds. The van der Waals surface area contributed by atoms with Gasteiger partial charge in [0, 0.05) is 11.0 Å². The van der Waals surface area contributed by atoms with E-state index < -0.39 is 0 Å². The van der Waals surface area contributed by atoms with Crippen molar-refractivity contribution in [2.24, 2.45) is 0 Å². The van der Waals surface area contributed by atoms with Gasteiger partial charge in [-0.15, -0.1) is 0 Å². The van der Waals surface area contributed by atoms with Gasteiger partial charge in [0.2, 0.25) is 0 Å². The first-order valence-corrected chi connectivity index (χ1v) is 7.72. The van der Waals surface area contributed by atoms with Crippen LogP contribution < -0.4 is 10.1 Å². The van der Waals surface area contributed by atoms with Crippen molar-refractivity contribution < 1.29 is 4.74 Å². The SMILES string of the molecule is CCCNCc1ccc(Oc2ccc(Br)cc2)cc1C. The fourth-order valence-corrected chi connectivity index (χ4v) is 2.23. The Balaban J connectivity index is 2.03. The molecule has 0 saturated carbocycles. The summed E-state index contributed by atoms with van der Waals surface area (Å²) in [4.78, 5) is 0. The highest BCUT2D eigenvalue weighted by molar-refractivity contribution is 9.10. The van der Waals surface area contributed by atoms with Crippen molar-refractivity contribution in [2.45, 2.75) is 26.8 Å². The lowest BCUT2D eigenvalue weighted by atomic mass is 10.1. The van der Waals surface area contributed by atoms with E-state index in [0.717, 1.165) is 35.5 Å². The summed E-state index contributed by atoms with van der Waals surface area (Å²) in [6, 6.07) is 14.1. The summed E-state index contributed by atoms with van der Waals surface area (Å²) in [7, 11) is 0. The van der Waals surface area contributed by atoms with Gasteiger partial charge in [-0.05, 0) is 67.4 Å². The monoisotopic (exact) mass is 333 g/mol. The Kier molecular flexibility index (Phi) is 5.62. The summed E-state index contributed by atoms with van der Waals surface area (Å²) in [6.07, 6.45) is 1.16. The zero-order valence-corrected chi connectivity index (χ0v) is 13.5. The van der Waals surface area contributed by atoms with Crippen LogP contribution in [0.3, 0.4) is 0 Å². The van der Waals surface area contributed by atoms with Crippen LogP contribution in [-0.2, 0) is 6.54 Å². The summed E-state index contributed by atoms with van der Waals surface area (Å²) < 4.78 is 6.91. The molecule has 0 aliphatic heterocycles. The fraction of sp³-hybridized carbons (Fsp3) is 0.294. The van der Waals surface area contributed by atoms with Gasteiger partial charge in [0.1, 0.15) is 11.5 Å². The summed E-state index contributed by atoms with van der Waals surface area (Å²) in [5.41, 5.74) is 2.57. The molecule has 2 rings (SSSR count). The normalized spacial score (nSPS) is 10.6. The minimum absolute atomic E-state index is 0.851. The molecule has 1 N–H and O–H groups in total. The number of ether oxygens (including phenoxy) is 1. The quantitative estimate of drug-likeness (QED) is 0.747. The first kappa shape index (κ1) is 15.1. The van der Waals surface area contributed by atoms with Crippen LogP contribution in [0, 0.1) is 6.92 Å². The van der Waals surface area contributed by atoms with Crippen LogP contribution in [0.25, 0.3) is 0 Å². The zero-order chi connectivity index (χ0) is 14.4. The average Bonchev–Trinajstić information content (AvgIpc) is 2.44. The minimum atomic E-state index is 0.851. The maximum Gasteiger partial charge on any atom is 0.127 e. The second-order valence-corrected chi connectivity index (χ2v) is 5.74. The minimum Gasteiger partial charge on any atom is -0.457 e. The van der Waals surface area contributed by atoms with Crippen molar-refractivity contribution in [3.05, 3.63) is 58.1 Å². The Bertz CT molecular complexity index is 551. The van der Waals surface area contributed by atoms with Crippen LogP contribution >= 0.6 is 15.9 Å². The van der Waals surface area contributed by atoms with Gasteiger partial charge in [-0.25, -0.2) is 0 Å². The number of nitrogens with one attached hydrogen (secondary N) is 1. The third-order valence-electron chi connectivity index (χ3n) is 3.11. The Morgan fingerprint density at radius 3 is 2.40 bits per heavy atom. The Hall–Kier alpha value is -1.32. The second kappa shape index (κ2) is 7.46. The van der Waals surface area contributed by atoms with Gasteiger partial charge in [0.05, 0.1) is 0 Å². The Morgan fingerprint density at radius 2 is 1.75 bits per heavy atom. The smallest absolute Gasteiger partial charge is 0.127 e. The van der Waals surface area contributed by atoms with E-state index in [9.17, 15) is 0 Å². The molecule has 3 heteroatoms. The van der Waals surface area contributed by atoms with Crippen molar-refractivity contribution in [3.8, 4) is 11.5 Å². The van der Waals surface area contributed by atoms with Gasteiger partial charge in [-0.1, -0.05) is 28.9 Å². The number of hydrogen-bond acceptors (Lipinski definition) is 2. The summed E-state index contributed by atoms with van der Waals surface area (Å²) in [5, 5.41) is 3.42. The van der Waals surface area contributed by atoms with E-state index in [1.165, 1.54) is 11.1 Å². The first-order chi connectivity index (χ1) is 9.69. The van der Waals surface area contributed by atoms with Crippen molar-refractivity contribution >= 4 is 15.9 Å². The highest BCUT2D eigenvalue weighted by atomic mass is 79.9. The van der Waals surface area contributed by atoms with Crippen LogP contribution in [0.2, 0.25) is 0 Å². The molecule has 0 heterocycles. The molecule has 0 aliphatic carbocycles. The van der Waals surface area contributed by atoms with Gasteiger partial charge < -0.3 is 10.1 Å². The van der Waals surface area contributed by atoms with E-state index in [-0.39, 0.29) is 0 Å². The van der Waals surface area contributed by atoms with Crippen molar-refractivity contribution in [3.63, 3.8) is 0 Å². The molecule has 0 fully saturated rings. The van der Waals surface area contributed by atoms with E-state index in [2.05, 4.69) is 47.2 Å². The molecule has 0 unspecified atom stereocenters. The maximum atomic E-state index is 5.85. The molecule has 0 atom stereocenters. The lowest BCUT2D eigenvalue weighted by Crippen LogP contribution is -2.14. The molecule has 0 aliphatic rings. The molecular weight excluding hydrogens is 314 g/mol. The highest BCUT2D eigenvalue weighted by Gasteiger charge is 2.02. The molecule has 0 bridgehead atoms. The average molecular weight is 334 g/mol. The van der Waals surface area contributed by atoms with Crippen LogP contribution in [0.5, 0.6) is 11.5 Å². The van der Waals surface area contributed by atoms with Crippen molar-refractivity contribution in [1.29, 1.82) is 0 Å². The number of benzene rings is 2. The number of rotatable bonds is 6. The largest absolute Gasteiger partial charge is 0.457 e.